The van der Waals surface area contributed by atoms with Crippen LogP contribution in [0.1, 0.15) is 29.1 Å². The monoisotopic (exact) mass is 384 g/mol. The zero-order chi connectivity index (χ0) is 17.8. The Kier molecular flexibility index (Phi) is 3.88. The molecule has 0 radical (unpaired) electrons. The van der Waals surface area contributed by atoms with Crippen LogP contribution in [0, 0.1) is 0 Å². The maximum absolute atomic E-state index is 13.6. The fraction of sp³-hybridized carbons (Fsp3) is 0.294. The highest BCUT2D eigenvalue weighted by molar-refractivity contribution is 7.18. The third kappa shape index (κ3) is 2.75. The van der Waals surface area contributed by atoms with E-state index < -0.39 is 17.6 Å². The van der Waals surface area contributed by atoms with E-state index in [0.29, 0.717) is 16.4 Å². The number of nitrogens with zero attached hydrogens (tertiary/aromatic N) is 2. The van der Waals surface area contributed by atoms with Gasteiger partial charge in [0.15, 0.2) is 0 Å². The topological polar surface area (TPSA) is 34.9 Å². The molecule has 1 aliphatic rings. The van der Waals surface area contributed by atoms with Gasteiger partial charge in [0.2, 0.25) is 5.82 Å². The van der Waals surface area contributed by atoms with Crippen LogP contribution in [0.5, 0.6) is 0 Å². The molecule has 0 unspecified atom stereocenters. The first kappa shape index (κ1) is 16.6. The van der Waals surface area contributed by atoms with Gasteiger partial charge in [0.25, 0.3) is 5.56 Å². The summed E-state index contributed by atoms with van der Waals surface area (Å²) in [6.45, 7) is 0. The number of thiophene rings is 1. The van der Waals surface area contributed by atoms with Crippen LogP contribution in [0.3, 0.4) is 0 Å². The van der Waals surface area contributed by atoms with Gasteiger partial charge in [-0.05, 0) is 49.4 Å². The highest BCUT2D eigenvalue weighted by Gasteiger charge is 2.38. The van der Waals surface area contributed by atoms with Gasteiger partial charge >= 0.3 is 6.18 Å². The van der Waals surface area contributed by atoms with E-state index in [1.807, 2.05) is 0 Å². The lowest BCUT2D eigenvalue weighted by Crippen LogP contribution is -2.28. The van der Waals surface area contributed by atoms with Crippen molar-refractivity contribution in [1.82, 2.24) is 9.55 Å². The average Bonchev–Trinajstić information content (AvgIpc) is 2.92. The quantitative estimate of drug-likeness (QED) is 0.592. The van der Waals surface area contributed by atoms with Crippen LogP contribution in [-0.2, 0) is 19.0 Å². The number of aromatic nitrogens is 2. The van der Waals surface area contributed by atoms with Crippen LogP contribution in [0.4, 0.5) is 13.2 Å². The molecule has 0 saturated carbocycles. The largest absolute Gasteiger partial charge is 0.450 e. The normalized spacial score (nSPS) is 14.7. The van der Waals surface area contributed by atoms with Gasteiger partial charge in [-0.25, -0.2) is 4.98 Å². The minimum atomic E-state index is -4.75. The summed E-state index contributed by atoms with van der Waals surface area (Å²) in [6, 6.07) is 5.82. The Morgan fingerprint density at radius 2 is 1.96 bits per heavy atom. The minimum Gasteiger partial charge on any atom is -0.268 e. The Balaban J connectivity index is 2.12. The standard InChI is InChI=1S/C17H12ClF3N2OS/c18-9-4-3-5-10(8-9)23-15(24)13-11-6-1-2-7-12(11)25-14(13)22-16(23)17(19,20)21/h3-5,8H,1-2,6-7H2. The molecule has 25 heavy (non-hydrogen) atoms. The maximum Gasteiger partial charge on any atom is 0.450 e. The van der Waals surface area contributed by atoms with Gasteiger partial charge in [-0.1, -0.05) is 17.7 Å². The SMILES string of the molecule is O=c1c2c3c(sc2nc(C(F)(F)F)n1-c1cccc(Cl)c1)CCCC3. The molecule has 0 spiro atoms. The van der Waals surface area contributed by atoms with E-state index in [1.165, 1.54) is 29.5 Å². The van der Waals surface area contributed by atoms with Crippen molar-refractivity contribution in [3.63, 3.8) is 0 Å². The van der Waals surface area contributed by atoms with Crippen LogP contribution in [0.25, 0.3) is 15.9 Å². The number of halogens is 4. The summed E-state index contributed by atoms with van der Waals surface area (Å²) in [4.78, 5) is 18.0. The Morgan fingerprint density at radius 3 is 2.68 bits per heavy atom. The zero-order valence-electron chi connectivity index (χ0n) is 12.9. The summed E-state index contributed by atoms with van der Waals surface area (Å²) in [5, 5.41) is 0.567. The number of hydrogen-bond donors (Lipinski definition) is 0. The molecule has 8 heteroatoms. The number of benzene rings is 1. The van der Waals surface area contributed by atoms with Crippen LogP contribution in [0.15, 0.2) is 29.1 Å². The Bertz CT molecular complexity index is 1040. The summed E-state index contributed by atoms with van der Waals surface area (Å²) in [5.41, 5.74) is 0.238. The second-order valence-electron chi connectivity index (χ2n) is 5.94. The van der Waals surface area contributed by atoms with Crippen LogP contribution in [-0.4, -0.2) is 9.55 Å². The smallest absolute Gasteiger partial charge is 0.268 e. The van der Waals surface area contributed by atoms with E-state index >= 15 is 0 Å². The first-order valence-corrected chi connectivity index (χ1v) is 8.96. The molecule has 2 heterocycles. The van der Waals surface area contributed by atoms with E-state index in [2.05, 4.69) is 4.98 Å². The molecule has 0 aliphatic heterocycles. The third-order valence-corrected chi connectivity index (χ3v) is 5.73. The lowest BCUT2D eigenvalue weighted by Gasteiger charge is -2.15. The van der Waals surface area contributed by atoms with Crippen molar-refractivity contribution < 1.29 is 13.2 Å². The Morgan fingerprint density at radius 1 is 1.20 bits per heavy atom. The van der Waals surface area contributed by atoms with E-state index in [-0.39, 0.29) is 15.5 Å². The molecule has 0 N–H and O–H groups in total. The molecule has 0 atom stereocenters. The number of fused-ring (bicyclic) bond motifs is 3. The molecule has 3 nitrogen and oxygen atoms in total. The van der Waals surface area contributed by atoms with Crippen LogP contribution in [0.2, 0.25) is 5.02 Å². The summed E-state index contributed by atoms with van der Waals surface area (Å²) in [6.07, 6.45) is -1.35. The van der Waals surface area contributed by atoms with Crippen LogP contribution < -0.4 is 5.56 Å². The van der Waals surface area contributed by atoms with E-state index in [0.717, 1.165) is 29.7 Å². The molecule has 0 amide bonds. The second kappa shape index (κ2) is 5.85. The molecule has 2 aromatic heterocycles. The summed E-state index contributed by atoms with van der Waals surface area (Å²) in [7, 11) is 0. The van der Waals surface area contributed by atoms with Crippen molar-refractivity contribution >= 4 is 33.2 Å². The minimum absolute atomic E-state index is 0.0648. The predicted molar refractivity (Wildman–Crippen MR) is 91.9 cm³/mol. The second-order valence-corrected chi connectivity index (χ2v) is 7.46. The van der Waals surface area contributed by atoms with Crippen molar-refractivity contribution in [3.8, 4) is 5.69 Å². The fourth-order valence-electron chi connectivity index (χ4n) is 3.25. The van der Waals surface area contributed by atoms with E-state index in [4.69, 9.17) is 11.6 Å². The molecule has 130 valence electrons. The van der Waals surface area contributed by atoms with Gasteiger partial charge in [0.05, 0.1) is 11.1 Å². The number of aryl methyl sites for hydroxylation is 2. The lowest BCUT2D eigenvalue weighted by atomic mass is 9.97. The third-order valence-electron chi connectivity index (χ3n) is 4.31. The molecule has 3 aromatic rings. The fourth-order valence-corrected chi connectivity index (χ4v) is 4.69. The number of hydrogen-bond acceptors (Lipinski definition) is 3. The van der Waals surface area contributed by atoms with Gasteiger partial charge in [0.1, 0.15) is 4.83 Å². The molecule has 4 rings (SSSR count). The number of alkyl halides is 3. The van der Waals surface area contributed by atoms with Gasteiger partial charge in [-0.3, -0.25) is 9.36 Å². The lowest BCUT2D eigenvalue weighted by molar-refractivity contribution is -0.146. The number of rotatable bonds is 1. The van der Waals surface area contributed by atoms with E-state index in [9.17, 15) is 18.0 Å². The van der Waals surface area contributed by atoms with Gasteiger partial charge in [0, 0.05) is 9.90 Å². The van der Waals surface area contributed by atoms with Crippen molar-refractivity contribution in [2.24, 2.45) is 0 Å². The predicted octanol–water partition coefficient (Wildman–Crippen LogP) is 5.00. The van der Waals surface area contributed by atoms with Gasteiger partial charge < -0.3 is 0 Å². The van der Waals surface area contributed by atoms with E-state index in [1.54, 1.807) is 6.07 Å². The Hall–Kier alpha value is -1.86. The summed E-state index contributed by atoms with van der Waals surface area (Å²) < 4.78 is 41.4. The first-order valence-electron chi connectivity index (χ1n) is 7.76. The maximum atomic E-state index is 13.6. The summed E-state index contributed by atoms with van der Waals surface area (Å²) in [5.74, 6) is -1.22. The van der Waals surface area contributed by atoms with Gasteiger partial charge in [-0.15, -0.1) is 11.3 Å². The highest BCUT2D eigenvalue weighted by atomic mass is 35.5. The molecule has 1 aliphatic carbocycles. The van der Waals surface area contributed by atoms with Gasteiger partial charge in [-0.2, -0.15) is 13.2 Å². The molecular formula is C17H12ClF3N2OS. The zero-order valence-corrected chi connectivity index (χ0v) is 14.4. The highest BCUT2D eigenvalue weighted by Crippen LogP contribution is 2.36. The molecule has 0 saturated heterocycles. The molecular weight excluding hydrogens is 373 g/mol. The van der Waals surface area contributed by atoms with Crippen LogP contribution >= 0.6 is 22.9 Å². The van der Waals surface area contributed by atoms with Crippen molar-refractivity contribution in [3.05, 3.63) is 55.9 Å². The average molecular weight is 385 g/mol. The van der Waals surface area contributed by atoms with Crippen molar-refractivity contribution in [2.75, 3.05) is 0 Å². The molecule has 0 fully saturated rings. The summed E-state index contributed by atoms with van der Waals surface area (Å²) >= 11 is 7.11. The van der Waals surface area contributed by atoms with Crippen molar-refractivity contribution in [1.29, 1.82) is 0 Å². The van der Waals surface area contributed by atoms with Crippen molar-refractivity contribution in [2.45, 2.75) is 31.9 Å². The molecule has 1 aromatic carbocycles. The molecule has 0 bridgehead atoms. The Labute approximate surface area is 149 Å². The first-order chi connectivity index (χ1) is 11.9.